The second-order valence-corrected chi connectivity index (χ2v) is 6.58. The van der Waals surface area contributed by atoms with Crippen molar-refractivity contribution in [2.75, 3.05) is 26.2 Å². The van der Waals surface area contributed by atoms with Gasteiger partial charge in [0, 0.05) is 31.7 Å². The minimum atomic E-state index is 0.311. The monoisotopic (exact) mass is 224 g/mol. The van der Waals surface area contributed by atoms with Crippen LogP contribution >= 0.6 is 0 Å². The molecule has 0 spiro atoms. The van der Waals surface area contributed by atoms with Crippen LogP contribution in [0.15, 0.2) is 0 Å². The predicted octanol–water partition coefficient (Wildman–Crippen LogP) is 2.64. The van der Waals surface area contributed by atoms with Gasteiger partial charge in [-0.15, -0.1) is 0 Å². The molecule has 1 aliphatic carbocycles. The fraction of sp³-hybridized carbons (Fsp3) is 1.00. The van der Waals surface area contributed by atoms with Gasteiger partial charge in [-0.05, 0) is 38.5 Å². The van der Waals surface area contributed by atoms with E-state index in [1.165, 1.54) is 51.7 Å². The lowest BCUT2D eigenvalue weighted by Crippen LogP contribution is -2.58. The molecular formula is C14H28N2. The van der Waals surface area contributed by atoms with Crippen molar-refractivity contribution < 1.29 is 0 Å². The first-order chi connectivity index (χ1) is 7.55. The molecule has 0 radical (unpaired) electrons. The van der Waals surface area contributed by atoms with E-state index in [1.807, 2.05) is 0 Å². The highest BCUT2D eigenvalue weighted by Crippen LogP contribution is 2.41. The fourth-order valence-corrected chi connectivity index (χ4v) is 3.60. The third-order valence-corrected chi connectivity index (χ3v) is 4.62. The highest BCUT2D eigenvalue weighted by Gasteiger charge is 2.36. The highest BCUT2D eigenvalue weighted by molar-refractivity contribution is 4.92. The summed E-state index contributed by atoms with van der Waals surface area (Å²) in [4.78, 5) is 2.70. The molecule has 16 heavy (non-hydrogen) atoms. The molecule has 0 unspecified atom stereocenters. The lowest BCUT2D eigenvalue weighted by Gasteiger charge is -2.43. The van der Waals surface area contributed by atoms with E-state index in [9.17, 15) is 0 Å². The first-order valence-electron chi connectivity index (χ1n) is 7.03. The quantitative estimate of drug-likeness (QED) is 0.793. The zero-order valence-electron chi connectivity index (χ0n) is 11.3. The number of piperazine rings is 1. The minimum absolute atomic E-state index is 0.311. The Balaban J connectivity index is 1.93. The summed E-state index contributed by atoms with van der Waals surface area (Å²) in [7, 11) is 0. The first-order valence-corrected chi connectivity index (χ1v) is 7.03. The Morgan fingerprint density at radius 3 is 2.44 bits per heavy atom. The largest absolute Gasteiger partial charge is 0.309 e. The maximum atomic E-state index is 3.60. The van der Waals surface area contributed by atoms with Gasteiger partial charge < -0.3 is 5.32 Å². The second-order valence-electron chi connectivity index (χ2n) is 6.58. The summed E-state index contributed by atoms with van der Waals surface area (Å²) in [6.45, 7) is 12.0. The van der Waals surface area contributed by atoms with E-state index in [-0.39, 0.29) is 0 Å². The summed E-state index contributed by atoms with van der Waals surface area (Å²) < 4.78 is 0. The molecule has 1 heterocycles. The second kappa shape index (κ2) is 4.66. The maximum absolute atomic E-state index is 3.60. The maximum Gasteiger partial charge on any atom is 0.0252 e. The van der Waals surface area contributed by atoms with E-state index in [2.05, 4.69) is 31.0 Å². The molecule has 1 aliphatic heterocycles. The molecule has 0 atom stereocenters. The van der Waals surface area contributed by atoms with E-state index in [0.717, 1.165) is 6.54 Å². The van der Waals surface area contributed by atoms with E-state index in [1.54, 1.807) is 0 Å². The molecule has 1 saturated carbocycles. The molecule has 2 rings (SSSR count). The Morgan fingerprint density at radius 2 is 1.88 bits per heavy atom. The van der Waals surface area contributed by atoms with Gasteiger partial charge in [-0.3, -0.25) is 4.90 Å². The van der Waals surface area contributed by atoms with Crippen LogP contribution in [0.2, 0.25) is 0 Å². The van der Waals surface area contributed by atoms with Gasteiger partial charge in [0.15, 0.2) is 0 Å². The summed E-state index contributed by atoms with van der Waals surface area (Å²) in [5, 5.41) is 3.60. The number of nitrogens with zero attached hydrogens (tertiary/aromatic N) is 1. The van der Waals surface area contributed by atoms with Crippen molar-refractivity contribution in [3.63, 3.8) is 0 Å². The molecule has 2 nitrogen and oxygen atoms in total. The van der Waals surface area contributed by atoms with Gasteiger partial charge in [0.1, 0.15) is 0 Å². The molecule has 0 aromatic carbocycles. The number of hydrogen-bond donors (Lipinski definition) is 1. The highest BCUT2D eigenvalue weighted by atomic mass is 15.2. The van der Waals surface area contributed by atoms with Gasteiger partial charge in [0.05, 0.1) is 0 Å². The average molecular weight is 224 g/mol. The van der Waals surface area contributed by atoms with Crippen molar-refractivity contribution in [1.29, 1.82) is 0 Å². The fourth-order valence-electron chi connectivity index (χ4n) is 3.60. The minimum Gasteiger partial charge on any atom is -0.309 e. The molecule has 1 N–H and O–H groups in total. The third-order valence-electron chi connectivity index (χ3n) is 4.62. The van der Waals surface area contributed by atoms with Crippen molar-refractivity contribution in [2.45, 2.75) is 58.4 Å². The Bertz CT molecular complexity index is 229. The van der Waals surface area contributed by atoms with Gasteiger partial charge in [0.2, 0.25) is 0 Å². The summed E-state index contributed by atoms with van der Waals surface area (Å²) in [6, 6.07) is 0. The number of nitrogens with one attached hydrogen (secondary N) is 1. The standard InChI is InChI=1S/C14H28N2/c1-4-14(7-5-6-8-14)12-16-10-9-15-13(2,3)11-16/h15H,4-12H2,1-3H3. The zero-order valence-corrected chi connectivity index (χ0v) is 11.3. The summed E-state index contributed by atoms with van der Waals surface area (Å²) in [6.07, 6.45) is 7.23. The first kappa shape index (κ1) is 12.4. The smallest absolute Gasteiger partial charge is 0.0252 e. The van der Waals surface area contributed by atoms with Gasteiger partial charge >= 0.3 is 0 Å². The SMILES string of the molecule is CCC1(CN2CCNC(C)(C)C2)CCCC1. The molecular weight excluding hydrogens is 196 g/mol. The molecule has 2 heteroatoms. The van der Waals surface area contributed by atoms with Crippen LogP contribution < -0.4 is 5.32 Å². The molecule has 1 saturated heterocycles. The average Bonchev–Trinajstić information content (AvgIpc) is 2.65. The topological polar surface area (TPSA) is 15.3 Å². The van der Waals surface area contributed by atoms with Crippen LogP contribution in [0.3, 0.4) is 0 Å². The van der Waals surface area contributed by atoms with Crippen molar-refractivity contribution in [3.8, 4) is 0 Å². The van der Waals surface area contributed by atoms with Crippen LogP contribution in [-0.2, 0) is 0 Å². The Labute approximate surface area is 101 Å². The molecule has 0 aromatic rings. The summed E-state index contributed by atoms with van der Waals surface area (Å²) in [5.74, 6) is 0. The van der Waals surface area contributed by atoms with E-state index in [4.69, 9.17) is 0 Å². The normalized spacial score (nSPS) is 29.4. The van der Waals surface area contributed by atoms with E-state index < -0.39 is 0 Å². The van der Waals surface area contributed by atoms with Crippen molar-refractivity contribution in [1.82, 2.24) is 10.2 Å². The summed E-state index contributed by atoms with van der Waals surface area (Å²) >= 11 is 0. The van der Waals surface area contributed by atoms with Crippen LogP contribution in [-0.4, -0.2) is 36.6 Å². The van der Waals surface area contributed by atoms with Crippen molar-refractivity contribution in [3.05, 3.63) is 0 Å². The molecule has 2 fully saturated rings. The summed E-state index contributed by atoms with van der Waals surface area (Å²) in [5.41, 5.74) is 0.971. The van der Waals surface area contributed by atoms with Crippen LogP contribution in [0.25, 0.3) is 0 Å². The van der Waals surface area contributed by atoms with Gasteiger partial charge in [0.25, 0.3) is 0 Å². The van der Waals surface area contributed by atoms with Crippen LogP contribution in [0, 0.1) is 5.41 Å². The molecule has 0 amide bonds. The lowest BCUT2D eigenvalue weighted by molar-refractivity contribution is 0.0922. The van der Waals surface area contributed by atoms with Crippen LogP contribution in [0.5, 0.6) is 0 Å². The van der Waals surface area contributed by atoms with E-state index >= 15 is 0 Å². The van der Waals surface area contributed by atoms with Crippen LogP contribution in [0.4, 0.5) is 0 Å². The van der Waals surface area contributed by atoms with E-state index in [0.29, 0.717) is 11.0 Å². The predicted molar refractivity (Wildman–Crippen MR) is 69.7 cm³/mol. The molecule has 94 valence electrons. The number of rotatable bonds is 3. The van der Waals surface area contributed by atoms with Crippen molar-refractivity contribution >= 4 is 0 Å². The molecule has 2 aliphatic rings. The van der Waals surface area contributed by atoms with Gasteiger partial charge in [-0.25, -0.2) is 0 Å². The Kier molecular flexibility index (Phi) is 3.60. The third kappa shape index (κ3) is 2.78. The zero-order chi connectivity index (χ0) is 11.6. The lowest BCUT2D eigenvalue weighted by atomic mass is 9.82. The van der Waals surface area contributed by atoms with Crippen molar-refractivity contribution in [2.24, 2.45) is 5.41 Å². The van der Waals surface area contributed by atoms with Crippen LogP contribution in [0.1, 0.15) is 52.9 Å². The molecule has 0 bridgehead atoms. The Morgan fingerprint density at radius 1 is 1.19 bits per heavy atom. The van der Waals surface area contributed by atoms with Gasteiger partial charge in [-0.1, -0.05) is 19.8 Å². The Hall–Kier alpha value is -0.0800. The molecule has 0 aromatic heterocycles. The number of hydrogen-bond acceptors (Lipinski definition) is 2. The van der Waals surface area contributed by atoms with Gasteiger partial charge in [-0.2, -0.15) is 0 Å².